The van der Waals surface area contributed by atoms with Gasteiger partial charge in [-0.25, -0.2) is 0 Å². The fourth-order valence-corrected chi connectivity index (χ4v) is 7.29. The van der Waals surface area contributed by atoms with Crippen LogP contribution in [0, 0.1) is 40.0 Å². The standard InChI is InChI=1S/C47H40N.C7H9.C2H2.Nb/c1-33(19-21-36-22-24-41(25-23-36)44-30-20-34(2)48-35(44)3)37-26-28-42(29-27-37)47-45(39-15-9-5-10-16-39)31-43(38-13-7-4-8-14-38)32-46(47)40-17-11-6-12-18-40;1-7-5-3-2-4-6-7;1-2;/h4-5,7-11,13-32H,6,12H2,1-3H3;3,5-6H,1-2,4H2;1-2H;/q2*-1;;+2/b33-19+;;;. The van der Waals surface area contributed by atoms with Gasteiger partial charge in [0.15, 0.2) is 0 Å². The van der Waals surface area contributed by atoms with Gasteiger partial charge in [0.25, 0.3) is 0 Å². The molecule has 2 heteroatoms. The summed E-state index contributed by atoms with van der Waals surface area (Å²) in [6, 6.07) is 48.4. The van der Waals surface area contributed by atoms with Crippen molar-refractivity contribution in [3.8, 4) is 57.4 Å². The number of rotatable bonds is 8. The summed E-state index contributed by atoms with van der Waals surface area (Å²) >= 11 is 0. The number of hydrogen-bond acceptors (Lipinski definition) is 1. The number of nitrogens with zero attached hydrogens (tertiary/aromatic N) is 1. The fourth-order valence-electron chi connectivity index (χ4n) is 7.29. The Morgan fingerprint density at radius 1 is 0.603 bits per heavy atom. The minimum Gasteiger partial charge on any atom is -0.258 e. The number of hydrogen-bond donors (Lipinski definition) is 0. The van der Waals surface area contributed by atoms with Crippen LogP contribution in [0.15, 0.2) is 182 Å². The Labute approximate surface area is 363 Å². The molecular formula is C56H51NNb. The smallest absolute Gasteiger partial charge is 0.258 e. The van der Waals surface area contributed by atoms with Crippen LogP contribution < -0.4 is 0 Å². The van der Waals surface area contributed by atoms with Gasteiger partial charge in [-0.15, -0.1) is 54.7 Å². The molecule has 0 aliphatic heterocycles. The molecule has 0 spiro atoms. The fraction of sp³-hybridized carbons (Fsp3) is 0.125. The van der Waals surface area contributed by atoms with Gasteiger partial charge in [-0.1, -0.05) is 147 Å². The normalized spacial score (nSPS) is 13.0. The summed E-state index contributed by atoms with van der Waals surface area (Å²) in [6.07, 6.45) is 30.3. The molecule has 0 saturated heterocycles. The van der Waals surface area contributed by atoms with Gasteiger partial charge in [0, 0.05) is 17.0 Å². The minimum absolute atomic E-state index is 0. The topological polar surface area (TPSA) is 12.9 Å². The van der Waals surface area contributed by atoms with Gasteiger partial charge >= 0.3 is 22.4 Å². The van der Waals surface area contributed by atoms with E-state index in [-0.39, 0.29) is 22.4 Å². The molecule has 0 N–H and O–H groups in total. The first-order valence-corrected chi connectivity index (χ1v) is 19.8. The first-order chi connectivity index (χ1) is 27.9. The monoisotopic (exact) mass is 830 g/mol. The first kappa shape index (κ1) is 43.1. The number of terminal acetylenes is 1. The maximum Gasteiger partial charge on any atom is 2.00 e. The van der Waals surface area contributed by atoms with Crippen molar-refractivity contribution in [3.63, 3.8) is 0 Å². The molecule has 1 nitrogen and oxygen atoms in total. The van der Waals surface area contributed by atoms with E-state index in [9.17, 15) is 0 Å². The van der Waals surface area contributed by atoms with Crippen molar-refractivity contribution in [2.75, 3.05) is 0 Å². The van der Waals surface area contributed by atoms with Crippen LogP contribution in [-0.4, -0.2) is 4.98 Å². The van der Waals surface area contributed by atoms with Crippen LogP contribution in [0.5, 0.6) is 0 Å². The summed E-state index contributed by atoms with van der Waals surface area (Å²) in [6.45, 7) is 10.1. The number of pyridine rings is 1. The molecule has 2 aliphatic rings. The van der Waals surface area contributed by atoms with Gasteiger partial charge in [0.2, 0.25) is 0 Å². The zero-order valence-corrected chi connectivity index (χ0v) is 36.1. The molecule has 0 saturated carbocycles. The van der Waals surface area contributed by atoms with E-state index in [0.29, 0.717) is 0 Å². The molecule has 0 bridgehead atoms. The maximum absolute atomic E-state index is 4.63. The Morgan fingerprint density at radius 2 is 1.19 bits per heavy atom. The van der Waals surface area contributed by atoms with Crippen LogP contribution >= 0.6 is 0 Å². The third-order valence-corrected chi connectivity index (χ3v) is 10.3. The summed E-state index contributed by atoms with van der Waals surface area (Å²) in [5, 5.41) is 0. The number of allylic oxidation sites excluding steroid dienone is 10. The van der Waals surface area contributed by atoms with Crippen LogP contribution in [-0.2, 0) is 22.4 Å². The van der Waals surface area contributed by atoms with Crippen molar-refractivity contribution in [3.05, 3.63) is 223 Å². The Hall–Kier alpha value is -6.01. The van der Waals surface area contributed by atoms with E-state index >= 15 is 0 Å². The molecule has 58 heavy (non-hydrogen) atoms. The van der Waals surface area contributed by atoms with Crippen LogP contribution in [0.3, 0.4) is 0 Å². The number of aromatic nitrogens is 1. The van der Waals surface area contributed by atoms with Gasteiger partial charge in [0.05, 0.1) is 0 Å². The van der Waals surface area contributed by atoms with Crippen molar-refractivity contribution in [1.82, 2.24) is 4.98 Å². The molecule has 1 heterocycles. The molecule has 0 fully saturated rings. The van der Waals surface area contributed by atoms with E-state index in [0.717, 1.165) is 29.8 Å². The zero-order chi connectivity index (χ0) is 40.0. The van der Waals surface area contributed by atoms with Crippen LogP contribution in [0.1, 0.15) is 60.7 Å². The summed E-state index contributed by atoms with van der Waals surface area (Å²) in [7, 11) is 0. The van der Waals surface area contributed by atoms with Crippen LogP contribution in [0.2, 0.25) is 0 Å². The van der Waals surface area contributed by atoms with Gasteiger partial charge in [-0.05, 0) is 95.0 Å². The third kappa shape index (κ3) is 11.1. The molecule has 0 amide bonds. The van der Waals surface area contributed by atoms with Crippen molar-refractivity contribution in [1.29, 1.82) is 0 Å². The zero-order valence-electron chi connectivity index (χ0n) is 33.9. The van der Waals surface area contributed by atoms with E-state index in [2.05, 4.69) is 221 Å². The molecule has 2 aliphatic carbocycles. The Balaban J connectivity index is 0.000000574. The van der Waals surface area contributed by atoms with Gasteiger partial charge in [-0.2, -0.15) is 24.6 Å². The second-order valence-corrected chi connectivity index (χ2v) is 14.4. The molecule has 1 radical (unpaired) electrons. The Bertz CT molecular complexity index is 2440. The second-order valence-electron chi connectivity index (χ2n) is 14.4. The van der Waals surface area contributed by atoms with E-state index in [4.69, 9.17) is 0 Å². The molecule has 0 unspecified atom stereocenters. The molecular weight excluding hydrogens is 780 g/mol. The van der Waals surface area contributed by atoms with Gasteiger partial charge in [0.1, 0.15) is 0 Å². The maximum atomic E-state index is 4.63. The molecule has 5 aromatic carbocycles. The summed E-state index contributed by atoms with van der Waals surface area (Å²) in [5.41, 5.74) is 19.3. The number of aryl methyl sites for hydroxylation is 2. The van der Waals surface area contributed by atoms with Gasteiger partial charge in [-0.3, -0.25) is 4.98 Å². The Kier molecular flexibility index (Phi) is 16.0. The summed E-state index contributed by atoms with van der Waals surface area (Å²) in [5.74, 6) is 0. The predicted octanol–water partition coefficient (Wildman–Crippen LogP) is 15.1. The van der Waals surface area contributed by atoms with Crippen molar-refractivity contribution in [2.24, 2.45) is 0 Å². The van der Waals surface area contributed by atoms with E-state index in [1.165, 1.54) is 85.2 Å². The van der Waals surface area contributed by atoms with Gasteiger partial charge < -0.3 is 0 Å². The van der Waals surface area contributed by atoms with Crippen LogP contribution in [0.25, 0.3) is 55.7 Å². The van der Waals surface area contributed by atoms with Crippen molar-refractivity contribution in [2.45, 2.75) is 46.5 Å². The molecule has 285 valence electrons. The summed E-state index contributed by atoms with van der Waals surface area (Å²) < 4.78 is 0. The number of benzene rings is 5. The predicted molar refractivity (Wildman–Crippen MR) is 247 cm³/mol. The molecule has 6 aromatic rings. The largest absolute Gasteiger partial charge is 2.00 e. The molecule has 1 aromatic heterocycles. The van der Waals surface area contributed by atoms with E-state index in [1.807, 2.05) is 6.92 Å². The summed E-state index contributed by atoms with van der Waals surface area (Å²) in [4.78, 5) is 4.63. The van der Waals surface area contributed by atoms with Crippen LogP contribution in [0.4, 0.5) is 0 Å². The molecule has 0 atom stereocenters. The molecule has 8 rings (SSSR count). The average Bonchev–Trinajstić information content (AvgIpc) is 3.27. The van der Waals surface area contributed by atoms with E-state index in [1.54, 1.807) is 0 Å². The third-order valence-electron chi connectivity index (χ3n) is 10.3. The first-order valence-electron chi connectivity index (χ1n) is 19.8. The SMILES string of the molecule is C#C.C/C(=C\[CH-]c1ccc(-c2ccc(C)nc2C)cc1)c1ccc(-c2c(C3=CCCC=C3)cc(-c3ccccc3)cc2-c2ccccc2)cc1.[CH2-]C1=CCCC=C1.[Nb+2]. The minimum atomic E-state index is 0. The van der Waals surface area contributed by atoms with Crippen molar-refractivity contribution < 1.29 is 22.4 Å². The Morgan fingerprint density at radius 3 is 1.76 bits per heavy atom. The average molecular weight is 831 g/mol. The second kappa shape index (κ2) is 21.5. The van der Waals surface area contributed by atoms with Crippen molar-refractivity contribution >= 4 is 11.1 Å². The quantitative estimate of drug-likeness (QED) is 0.0846. The van der Waals surface area contributed by atoms with E-state index < -0.39 is 0 Å².